The van der Waals surface area contributed by atoms with Crippen LogP contribution >= 0.6 is 34.5 Å². The van der Waals surface area contributed by atoms with Gasteiger partial charge in [0.1, 0.15) is 0 Å². The molecule has 7 heteroatoms. The Morgan fingerprint density at radius 3 is 2.46 bits per heavy atom. The molecule has 4 nitrogen and oxygen atoms in total. The standard InChI is InChI=1S/C19H14Cl2N2O2S/c20-14-5-2-1-4-13(14)11-22-18(24)12-7-8-15(21)16(10-12)23-19(25)17-6-3-9-26-17/h1-10H,11H2,(H,22,24)(H,23,25). The van der Waals surface area contributed by atoms with Crippen LogP contribution < -0.4 is 10.6 Å². The van der Waals surface area contributed by atoms with Crippen molar-refractivity contribution in [2.24, 2.45) is 0 Å². The van der Waals surface area contributed by atoms with Crippen LogP contribution in [-0.4, -0.2) is 11.8 Å². The first-order valence-corrected chi connectivity index (χ1v) is 9.34. The summed E-state index contributed by atoms with van der Waals surface area (Å²) in [5.41, 5.74) is 1.60. The van der Waals surface area contributed by atoms with Gasteiger partial charge in [0.05, 0.1) is 15.6 Å². The molecule has 0 unspecified atom stereocenters. The largest absolute Gasteiger partial charge is 0.348 e. The van der Waals surface area contributed by atoms with E-state index in [0.29, 0.717) is 32.7 Å². The average Bonchev–Trinajstić information content (AvgIpc) is 3.17. The van der Waals surface area contributed by atoms with E-state index in [1.807, 2.05) is 23.6 Å². The van der Waals surface area contributed by atoms with Crippen molar-refractivity contribution in [2.45, 2.75) is 6.54 Å². The van der Waals surface area contributed by atoms with E-state index in [1.165, 1.54) is 11.3 Å². The molecule has 0 fully saturated rings. The number of hydrogen-bond donors (Lipinski definition) is 2. The summed E-state index contributed by atoms with van der Waals surface area (Å²) in [5.74, 6) is -0.552. The Hall–Kier alpha value is -2.34. The maximum atomic E-state index is 12.4. The van der Waals surface area contributed by atoms with Crippen LogP contribution in [0.25, 0.3) is 0 Å². The van der Waals surface area contributed by atoms with Crippen molar-refractivity contribution in [3.8, 4) is 0 Å². The van der Waals surface area contributed by atoms with Gasteiger partial charge in [-0.2, -0.15) is 0 Å². The second-order valence-electron chi connectivity index (χ2n) is 5.40. The van der Waals surface area contributed by atoms with E-state index in [2.05, 4.69) is 10.6 Å². The molecule has 0 bridgehead atoms. The molecule has 132 valence electrons. The second-order valence-corrected chi connectivity index (χ2v) is 7.16. The van der Waals surface area contributed by atoms with Gasteiger partial charge in [-0.25, -0.2) is 0 Å². The van der Waals surface area contributed by atoms with Gasteiger partial charge in [-0.05, 0) is 41.3 Å². The summed E-state index contributed by atoms with van der Waals surface area (Å²) in [6.07, 6.45) is 0. The van der Waals surface area contributed by atoms with Gasteiger partial charge < -0.3 is 10.6 Å². The SMILES string of the molecule is O=C(NCc1ccccc1Cl)c1ccc(Cl)c(NC(=O)c2cccs2)c1. The molecule has 0 aliphatic heterocycles. The first-order chi connectivity index (χ1) is 12.5. The van der Waals surface area contributed by atoms with Crippen LogP contribution in [0.2, 0.25) is 10.0 Å². The Balaban J connectivity index is 1.71. The molecule has 0 saturated carbocycles. The minimum absolute atomic E-state index is 0.268. The van der Waals surface area contributed by atoms with E-state index >= 15 is 0 Å². The van der Waals surface area contributed by atoms with Crippen LogP contribution in [0.4, 0.5) is 5.69 Å². The Labute approximate surface area is 164 Å². The first-order valence-electron chi connectivity index (χ1n) is 7.70. The third-order valence-electron chi connectivity index (χ3n) is 3.62. The number of amides is 2. The summed E-state index contributed by atoms with van der Waals surface area (Å²) in [7, 11) is 0. The quantitative estimate of drug-likeness (QED) is 0.610. The molecule has 3 aromatic rings. The fourth-order valence-corrected chi connectivity index (χ4v) is 3.26. The minimum atomic E-state index is -0.284. The topological polar surface area (TPSA) is 58.2 Å². The van der Waals surface area contributed by atoms with Crippen LogP contribution in [0.15, 0.2) is 60.0 Å². The fourth-order valence-electron chi connectivity index (χ4n) is 2.27. The molecule has 0 aliphatic carbocycles. The number of thiophene rings is 1. The monoisotopic (exact) mass is 404 g/mol. The van der Waals surface area contributed by atoms with Gasteiger partial charge >= 0.3 is 0 Å². The second kappa shape index (κ2) is 8.36. The Bertz CT molecular complexity index is 942. The number of nitrogens with one attached hydrogen (secondary N) is 2. The number of rotatable bonds is 5. The molecule has 1 aromatic heterocycles. The fraction of sp³-hybridized carbons (Fsp3) is 0.0526. The zero-order valence-electron chi connectivity index (χ0n) is 13.5. The number of hydrogen-bond acceptors (Lipinski definition) is 3. The van der Waals surface area contributed by atoms with Gasteiger partial charge in [-0.15, -0.1) is 11.3 Å². The molecule has 0 aliphatic rings. The molecule has 0 radical (unpaired) electrons. The van der Waals surface area contributed by atoms with Crippen LogP contribution in [0.1, 0.15) is 25.6 Å². The van der Waals surface area contributed by atoms with Gasteiger partial charge in [0.25, 0.3) is 11.8 Å². The lowest BCUT2D eigenvalue weighted by molar-refractivity contribution is 0.0949. The summed E-state index contributed by atoms with van der Waals surface area (Å²) in [6, 6.07) is 15.5. The van der Waals surface area contributed by atoms with Crippen LogP contribution in [-0.2, 0) is 6.54 Å². The van der Waals surface area contributed by atoms with Crippen LogP contribution in [0.3, 0.4) is 0 Å². The van der Waals surface area contributed by atoms with Crippen molar-refractivity contribution in [2.75, 3.05) is 5.32 Å². The maximum Gasteiger partial charge on any atom is 0.265 e. The zero-order chi connectivity index (χ0) is 18.5. The normalized spacial score (nSPS) is 10.4. The molecule has 1 heterocycles. The molecular weight excluding hydrogens is 391 g/mol. The van der Waals surface area contributed by atoms with Crippen molar-refractivity contribution < 1.29 is 9.59 Å². The average molecular weight is 405 g/mol. The minimum Gasteiger partial charge on any atom is -0.348 e. The maximum absolute atomic E-state index is 12.4. The molecule has 0 spiro atoms. The highest BCUT2D eigenvalue weighted by molar-refractivity contribution is 7.12. The molecule has 2 aromatic carbocycles. The third-order valence-corrected chi connectivity index (χ3v) is 5.19. The Kier molecular flexibility index (Phi) is 5.93. The molecule has 3 rings (SSSR count). The Morgan fingerprint density at radius 2 is 1.73 bits per heavy atom. The highest BCUT2D eigenvalue weighted by Gasteiger charge is 2.13. The highest BCUT2D eigenvalue weighted by atomic mass is 35.5. The van der Waals surface area contributed by atoms with Crippen molar-refractivity contribution in [3.63, 3.8) is 0 Å². The lowest BCUT2D eigenvalue weighted by Gasteiger charge is -2.10. The van der Waals surface area contributed by atoms with E-state index in [9.17, 15) is 9.59 Å². The number of carbonyl (C=O) groups is 2. The van der Waals surface area contributed by atoms with Gasteiger partial charge in [-0.3, -0.25) is 9.59 Å². The smallest absolute Gasteiger partial charge is 0.265 e. The van der Waals surface area contributed by atoms with Crippen molar-refractivity contribution in [3.05, 3.63) is 86.0 Å². The van der Waals surface area contributed by atoms with E-state index in [4.69, 9.17) is 23.2 Å². The van der Waals surface area contributed by atoms with Crippen molar-refractivity contribution >= 4 is 52.0 Å². The lowest BCUT2D eigenvalue weighted by Crippen LogP contribution is -2.23. The molecule has 0 saturated heterocycles. The van der Waals surface area contributed by atoms with Gasteiger partial charge in [0, 0.05) is 17.1 Å². The lowest BCUT2D eigenvalue weighted by atomic mass is 10.1. The van der Waals surface area contributed by atoms with Crippen LogP contribution in [0.5, 0.6) is 0 Å². The molecule has 2 amide bonds. The molecular formula is C19H14Cl2N2O2S. The van der Waals surface area contributed by atoms with Gasteiger partial charge in [-0.1, -0.05) is 47.5 Å². The predicted molar refractivity (Wildman–Crippen MR) is 106 cm³/mol. The van der Waals surface area contributed by atoms with Gasteiger partial charge in [0.15, 0.2) is 0 Å². The third kappa shape index (κ3) is 4.43. The zero-order valence-corrected chi connectivity index (χ0v) is 15.8. The number of anilines is 1. The number of halogens is 2. The van der Waals surface area contributed by atoms with E-state index in [1.54, 1.807) is 36.4 Å². The highest BCUT2D eigenvalue weighted by Crippen LogP contribution is 2.24. The predicted octanol–water partition coefficient (Wildman–Crippen LogP) is 5.24. The molecule has 2 N–H and O–H groups in total. The van der Waals surface area contributed by atoms with E-state index in [0.717, 1.165) is 5.56 Å². The molecule has 0 atom stereocenters. The van der Waals surface area contributed by atoms with E-state index in [-0.39, 0.29) is 11.8 Å². The summed E-state index contributed by atoms with van der Waals surface area (Å²) >= 11 is 13.6. The first kappa shape index (κ1) is 18.5. The number of benzene rings is 2. The summed E-state index contributed by atoms with van der Waals surface area (Å²) in [6.45, 7) is 0.304. The van der Waals surface area contributed by atoms with Crippen molar-refractivity contribution in [1.82, 2.24) is 5.32 Å². The Morgan fingerprint density at radius 1 is 0.923 bits per heavy atom. The summed E-state index contributed by atoms with van der Waals surface area (Å²) < 4.78 is 0. The summed E-state index contributed by atoms with van der Waals surface area (Å²) in [5, 5.41) is 8.30. The number of carbonyl (C=O) groups excluding carboxylic acids is 2. The van der Waals surface area contributed by atoms with Gasteiger partial charge in [0.2, 0.25) is 0 Å². The van der Waals surface area contributed by atoms with Crippen LogP contribution in [0, 0.1) is 0 Å². The van der Waals surface area contributed by atoms with E-state index < -0.39 is 0 Å². The van der Waals surface area contributed by atoms with Crippen molar-refractivity contribution in [1.29, 1.82) is 0 Å². The molecule has 26 heavy (non-hydrogen) atoms. The summed E-state index contributed by atoms with van der Waals surface area (Å²) in [4.78, 5) is 25.1.